The number of hydrogen-bond donors (Lipinski definition) is 2. The van der Waals surface area contributed by atoms with Gasteiger partial charge in [0.2, 0.25) is 5.88 Å². The fourth-order valence-corrected chi connectivity index (χ4v) is 3.98. The van der Waals surface area contributed by atoms with Crippen molar-refractivity contribution in [3.63, 3.8) is 0 Å². The molecule has 2 rings (SSSR count). The lowest BCUT2D eigenvalue weighted by Gasteiger charge is -2.29. The Morgan fingerprint density at radius 2 is 2.25 bits per heavy atom. The summed E-state index contributed by atoms with van der Waals surface area (Å²) in [6, 6.07) is 1.47. The molecule has 0 saturated carbocycles. The molecule has 0 radical (unpaired) electrons. The molecule has 1 aromatic rings. The van der Waals surface area contributed by atoms with Crippen molar-refractivity contribution in [2.24, 2.45) is 5.92 Å². The monoisotopic (exact) mass is 397 g/mol. The highest BCUT2D eigenvalue weighted by molar-refractivity contribution is 7.87. The van der Waals surface area contributed by atoms with Gasteiger partial charge < -0.3 is 9.84 Å². The van der Waals surface area contributed by atoms with Gasteiger partial charge in [-0.2, -0.15) is 17.4 Å². The normalized spacial score (nSPS) is 19.2. The van der Waals surface area contributed by atoms with E-state index in [1.165, 1.54) is 12.3 Å². The van der Waals surface area contributed by atoms with Crippen LogP contribution >= 0.6 is 23.2 Å². The number of hydrogen-bond acceptors (Lipinski definition) is 5. The molecule has 1 fully saturated rings. The molecular weight excluding hydrogens is 381 g/mol. The summed E-state index contributed by atoms with van der Waals surface area (Å²) in [5.41, 5.74) is 0. The SMILES string of the molecule is O=C(O)C1CCCN(S(=O)(=O)NCCOc2ncc(Cl)cc2Cl)C1. The summed E-state index contributed by atoms with van der Waals surface area (Å²) in [4.78, 5) is 14.9. The maximum Gasteiger partial charge on any atom is 0.307 e. The number of nitrogens with one attached hydrogen (secondary N) is 1. The molecule has 1 unspecified atom stereocenters. The van der Waals surface area contributed by atoms with E-state index >= 15 is 0 Å². The first-order valence-electron chi connectivity index (χ1n) is 7.21. The fraction of sp³-hybridized carbons (Fsp3) is 0.538. The molecule has 0 aliphatic carbocycles. The third-order valence-electron chi connectivity index (χ3n) is 3.47. The van der Waals surface area contributed by atoms with Crippen molar-refractivity contribution in [1.29, 1.82) is 0 Å². The highest BCUT2D eigenvalue weighted by atomic mass is 35.5. The minimum atomic E-state index is -3.76. The summed E-state index contributed by atoms with van der Waals surface area (Å²) in [6.07, 6.45) is 2.36. The van der Waals surface area contributed by atoms with Crippen LogP contribution in [0.25, 0.3) is 0 Å². The average molecular weight is 398 g/mol. The molecule has 134 valence electrons. The van der Waals surface area contributed by atoms with Crippen LogP contribution in [0.1, 0.15) is 12.8 Å². The van der Waals surface area contributed by atoms with Crippen LogP contribution in [0.5, 0.6) is 5.88 Å². The largest absolute Gasteiger partial charge is 0.481 e. The Labute approximate surface area is 149 Å². The summed E-state index contributed by atoms with van der Waals surface area (Å²) in [5.74, 6) is -1.51. The topological polar surface area (TPSA) is 109 Å². The summed E-state index contributed by atoms with van der Waals surface area (Å²) in [6.45, 7) is 0.279. The van der Waals surface area contributed by atoms with E-state index in [-0.39, 0.29) is 30.6 Å². The van der Waals surface area contributed by atoms with Gasteiger partial charge in [-0.15, -0.1) is 0 Å². The zero-order valence-electron chi connectivity index (χ0n) is 12.6. The van der Waals surface area contributed by atoms with E-state index in [2.05, 4.69) is 9.71 Å². The molecule has 2 heterocycles. The Bertz CT molecular complexity index is 701. The molecule has 1 atom stereocenters. The summed E-state index contributed by atoms with van der Waals surface area (Å²) in [7, 11) is -3.76. The first-order valence-corrected chi connectivity index (χ1v) is 9.40. The predicted octanol–water partition coefficient (Wildman–Crippen LogP) is 1.40. The fourth-order valence-electron chi connectivity index (χ4n) is 2.28. The summed E-state index contributed by atoms with van der Waals surface area (Å²) in [5, 5.41) is 9.61. The number of aromatic nitrogens is 1. The van der Waals surface area contributed by atoms with Crippen LogP contribution in [0.15, 0.2) is 12.3 Å². The van der Waals surface area contributed by atoms with Gasteiger partial charge >= 0.3 is 5.97 Å². The zero-order chi connectivity index (χ0) is 17.7. The van der Waals surface area contributed by atoms with Crippen molar-refractivity contribution >= 4 is 39.4 Å². The Balaban J connectivity index is 1.83. The van der Waals surface area contributed by atoms with Crippen LogP contribution in [0.3, 0.4) is 0 Å². The molecule has 1 aliphatic heterocycles. The molecule has 0 amide bonds. The number of halogens is 2. The van der Waals surface area contributed by atoms with Crippen molar-refractivity contribution in [1.82, 2.24) is 14.0 Å². The number of nitrogens with zero attached hydrogens (tertiary/aromatic N) is 2. The van der Waals surface area contributed by atoms with E-state index < -0.39 is 22.1 Å². The Hall–Kier alpha value is -1.13. The molecule has 1 saturated heterocycles. The number of rotatable bonds is 7. The maximum atomic E-state index is 12.2. The second-order valence-corrected chi connectivity index (χ2v) is 7.82. The number of pyridine rings is 1. The molecule has 24 heavy (non-hydrogen) atoms. The van der Waals surface area contributed by atoms with E-state index in [1.807, 2.05) is 0 Å². The van der Waals surface area contributed by atoms with Gasteiger partial charge in [-0.3, -0.25) is 4.79 Å². The molecule has 11 heteroatoms. The Morgan fingerprint density at radius 1 is 1.50 bits per heavy atom. The molecular formula is C13H17Cl2N3O5S. The van der Waals surface area contributed by atoms with Gasteiger partial charge in [0.25, 0.3) is 10.2 Å². The molecule has 2 N–H and O–H groups in total. The van der Waals surface area contributed by atoms with E-state index in [1.54, 1.807) is 0 Å². The molecule has 1 aromatic heterocycles. The van der Waals surface area contributed by atoms with Crippen molar-refractivity contribution in [3.05, 3.63) is 22.3 Å². The molecule has 8 nitrogen and oxygen atoms in total. The Morgan fingerprint density at radius 3 is 2.92 bits per heavy atom. The highest BCUT2D eigenvalue weighted by Crippen LogP contribution is 2.24. The van der Waals surface area contributed by atoms with Gasteiger partial charge in [-0.05, 0) is 18.9 Å². The predicted molar refractivity (Wildman–Crippen MR) is 88.6 cm³/mol. The number of aliphatic carboxylic acids is 1. The van der Waals surface area contributed by atoms with E-state index in [9.17, 15) is 13.2 Å². The lowest BCUT2D eigenvalue weighted by atomic mass is 10.0. The number of carboxylic acids is 1. The Kier molecular flexibility index (Phi) is 6.64. The van der Waals surface area contributed by atoms with Gasteiger partial charge in [0, 0.05) is 25.8 Å². The molecule has 0 aromatic carbocycles. The minimum absolute atomic E-state index is 0.00277. The van der Waals surface area contributed by atoms with Crippen LogP contribution in [-0.4, -0.2) is 55.0 Å². The van der Waals surface area contributed by atoms with Crippen LogP contribution in [0, 0.1) is 5.92 Å². The third kappa shape index (κ3) is 5.18. The maximum absolute atomic E-state index is 12.2. The lowest BCUT2D eigenvalue weighted by Crippen LogP contribution is -2.48. The molecule has 1 aliphatic rings. The number of carboxylic acid groups (broad SMARTS) is 1. The van der Waals surface area contributed by atoms with Gasteiger partial charge in [0.15, 0.2) is 0 Å². The quantitative estimate of drug-likeness (QED) is 0.672. The van der Waals surface area contributed by atoms with Crippen LogP contribution in [0.4, 0.5) is 0 Å². The van der Waals surface area contributed by atoms with Crippen molar-refractivity contribution in [2.75, 3.05) is 26.2 Å². The van der Waals surface area contributed by atoms with Crippen molar-refractivity contribution in [3.8, 4) is 5.88 Å². The summed E-state index contributed by atoms with van der Waals surface area (Å²) < 4.78 is 33.2. The number of ether oxygens (including phenoxy) is 1. The van der Waals surface area contributed by atoms with Crippen LogP contribution < -0.4 is 9.46 Å². The minimum Gasteiger partial charge on any atom is -0.481 e. The van der Waals surface area contributed by atoms with E-state index in [0.717, 1.165) is 4.31 Å². The number of carbonyl (C=O) groups is 1. The lowest BCUT2D eigenvalue weighted by molar-refractivity contribution is -0.142. The second-order valence-electron chi connectivity index (χ2n) is 5.22. The highest BCUT2D eigenvalue weighted by Gasteiger charge is 2.31. The number of piperidine rings is 1. The smallest absolute Gasteiger partial charge is 0.307 e. The van der Waals surface area contributed by atoms with Gasteiger partial charge in [0.05, 0.1) is 10.9 Å². The van der Waals surface area contributed by atoms with Gasteiger partial charge in [-0.25, -0.2) is 4.98 Å². The standard InChI is InChI=1S/C13H17Cl2N3O5S/c14-10-6-11(15)12(16-7-10)23-5-3-17-24(21,22)18-4-1-2-9(8-18)13(19)20/h6-7,9,17H,1-5,8H2,(H,19,20). The molecule has 0 bridgehead atoms. The summed E-state index contributed by atoms with van der Waals surface area (Å²) >= 11 is 11.6. The first kappa shape index (κ1) is 19.2. The zero-order valence-corrected chi connectivity index (χ0v) is 14.9. The average Bonchev–Trinajstić information content (AvgIpc) is 2.53. The van der Waals surface area contributed by atoms with Gasteiger partial charge in [0.1, 0.15) is 11.6 Å². The molecule has 0 spiro atoms. The third-order valence-corrected chi connectivity index (χ3v) is 5.53. The second kappa shape index (κ2) is 8.30. The van der Waals surface area contributed by atoms with Crippen molar-refractivity contribution in [2.45, 2.75) is 12.8 Å². The van der Waals surface area contributed by atoms with Crippen LogP contribution in [-0.2, 0) is 15.0 Å². The van der Waals surface area contributed by atoms with Crippen LogP contribution in [0.2, 0.25) is 10.0 Å². The van der Waals surface area contributed by atoms with Gasteiger partial charge in [-0.1, -0.05) is 23.2 Å². The first-order chi connectivity index (χ1) is 11.3. The van der Waals surface area contributed by atoms with E-state index in [4.69, 9.17) is 33.0 Å². The van der Waals surface area contributed by atoms with Crippen molar-refractivity contribution < 1.29 is 23.1 Å². The van der Waals surface area contributed by atoms with E-state index in [0.29, 0.717) is 24.4 Å².